The highest BCUT2D eigenvalue weighted by Crippen LogP contribution is 2.22. The molecule has 0 radical (unpaired) electrons. The molecule has 1 heterocycles. The van der Waals surface area contributed by atoms with Crippen LogP contribution in [0.1, 0.15) is 29.5 Å². The van der Waals surface area contributed by atoms with Crippen LogP contribution in [0.5, 0.6) is 0 Å². The fourth-order valence-corrected chi connectivity index (χ4v) is 3.05. The Morgan fingerprint density at radius 1 is 1.30 bits per heavy atom. The Hall–Kier alpha value is -1.65. The number of piperidine rings is 1. The predicted octanol–water partition coefficient (Wildman–Crippen LogP) is 2.14. The largest absolute Gasteiger partial charge is 0.395 e. The van der Waals surface area contributed by atoms with Gasteiger partial charge in [-0.15, -0.1) is 0 Å². The van der Waals surface area contributed by atoms with Crippen molar-refractivity contribution in [3.63, 3.8) is 0 Å². The summed E-state index contributed by atoms with van der Waals surface area (Å²) in [5.74, 6) is 0.680. The zero-order valence-electron chi connectivity index (χ0n) is 14.2. The van der Waals surface area contributed by atoms with E-state index >= 15 is 0 Å². The van der Waals surface area contributed by atoms with Crippen molar-refractivity contribution in [1.29, 1.82) is 0 Å². The first-order valence-corrected chi connectivity index (χ1v) is 8.45. The summed E-state index contributed by atoms with van der Waals surface area (Å²) in [5, 5.41) is 11.7. The Balaban J connectivity index is 1.83. The first-order valence-electron chi connectivity index (χ1n) is 8.45. The number of aliphatic hydroxyl groups is 1. The summed E-state index contributed by atoms with van der Waals surface area (Å²) in [5.41, 5.74) is 3.94. The molecular formula is C19H28N2O2. The Labute approximate surface area is 139 Å². The molecule has 1 aromatic rings. The molecule has 2 N–H and O–H groups in total. The zero-order chi connectivity index (χ0) is 16.7. The van der Waals surface area contributed by atoms with Crippen molar-refractivity contribution < 1.29 is 9.90 Å². The van der Waals surface area contributed by atoms with Gasteiger partial charge in [0.05, 0.1) is 13.2 Å². The Morgan fingerprint density at radius 3 is 2.57 bits per heavy atom. The number of hydrogen-bond acceptors (Lipinski definition) is 3. The molecule has 0 saturated carbocycles. The maximum Gasteiger partial charge on any atom is 0.236 e. The van der Waals surface area contributed by atoms with E-state index in [9.17, 15) is 4.79 Å². The van der Waals surface area contributed by atoms with Crippen molar-refractivity contribution in [2.75, 3.05) is 32.8 Å². The molecule has 1 fully saturated rings. The van der Waals surface area contributed by atoms with E-state index in [0.29, 0.717) is 19.0 Å². The third-order valence-corrected chi connectivity index (χ3v) is 4.53. The van der Waals surface area contributed by atoms with E-state index < -0.39 is 0 Å². The summed E-state index contributed by atoms with van der Waals surface area (Å²) in [7, 11) is 0. The lowest BCUT2D eigenvalue weighted by Gasteiger charge is -2.31. The molecule has 1 amide bonds. The van der Waals surface area contributed by atoms with Gasteiger partial charge in [0, 0.05) is 19.6 Å². The van der Waals surface area contributed by atoms with Crippen LogP contribution in [0, 0.1) is 19.8 Å². The highest BCUT2D eigenvalue weighted by molar-refractivity contribution is 5.78. The van der Waals surface area contributed by atoms with Gasteiger partial charge in [0.2, 0.25) is 5.91 Å². The number of hydrogen-bond donors (Lipinski definition) is 2. The summed E-state index contributed by atoms with van der Waals surface area (Å²) in [6.07, 6.45) is 6.59. The molecule has 23 heavy (non-hydrogen) atoms. The van der Waals surface area contributed by atoms with Crippen molar-refractivity contribution in [3.05, 3.63) is 41.0 Å². The lowest BCUT2D eigenvalue weighted by atomic mass is 9.94. The van der Waals surface area contributed by atoms with Gasteiger partial charge >= 0.3 is 0 Å². The number of likely N-dealkylation sites (tertiary alicyclic amines) is 1. The van der Waals surface area contributed by atoms with Gasteiger partial charge in [-0.2, -0.15) is 0 Å². The van der Waals surface area contributed by atoms with E-state index in [1.165, 1.54) is 16.7 Å². The van der Waals surface area contributed by atoms with Gasteiger partial charge in [-0.1, -0.05) is 30.4 Å². The molecule has 1 aliphatic rings. The number of nitrogens with one attached hydrogen (secondary N) is 1. The molecule has 1 aliphatic heterocycles. The molecule has 2 rings (SSSR count). The number of carbonyl (C=O) groups excluding carboxylic acids is 1. The second-order valence-corrected chi connectivity index (χ2v) is 6.28. The van der Waals surface area contributed by atoms with Gasteiger partial charge in [-0.3, -0.25) is 4.79 Å². The monoisotopic (exact) mass is 316 g/mol. The number of allylic oxidation sites excluding steroid dienone is 1. The molecule has 0 bridgehead atoms. The van der Waals surface area contributed by atoms with E-state index in [2.05, 4.69) is 49.5 Å². The van der Waals surface area contributed by atoms with Gasteiger partial charge in [0.25, 0.3) is 0 Å². The molecule has 4 heteroatoms. The third kappa shape index (κ3) is 5.19. The lowest BCUT2D eigenvalue weighted by Crippen LogP contribution is -2.43. The van der Waals surface area contributed by atoms with Crippen LogP contribution >= 0.6 is 0 Å². The van der Waals surface area contributed by atoms with Crippen LogP contribution in [0.2, 0.25) is 0 Å². The second kappa shape index (κ2) is 8.85. The van der Waals surface area contributed by atoms with Gasteiger partial charge in [-0.05, 0) is 49.3 Å². The molecule has 0 spiro atoms. The van der Waals surface area contributed by atoms with Gasteiger partial charge in [-0.25, -0.2) is 0 Å². The van der Waals surface area contributed by atoms with Gasteiger partial charge in [0.15, 0.2) is 0 Å². The quantitative estimate of drug-likeness (QED) is 0.791. The third-order valence-electron chi connectivity index (χ3n) is 4.53. The first kappa shape index (κ1) is 17.7. The topological polar surface area (TPSA) is 52.6 Å². The van der Waals surface area contributed by atoms with Crippen molar-refractivity contribution in [2.24, 2.45) is 5.92 Å². The van der Waals surface area contributed by atoms with Gasteiger partial charge < -0.3 is 15.3 Å². The second-order valence-electron chi connectivity index (χ2n) is 6.28. The summed E-state index contributed by atoms with van der Waals surface area (Å²) >= 11 is 0. The van der Waals surface area contributed by atoms with E-state index in [-0.39, 0.29) is 12.5 Å². The summed E-state index contributed by atoms with van der Waals surface area (Å²) in [6, 6.07) is 6.39. The van der Waals surface area contributed by atoms with E-state index in [1.807, 2.05) is 4.90 Å². The number of aryl methyl sites for hydroxylation is 2. The number of aliphatic hydroxyl groups excluding tert-OH is 1. The molecule has 0 atom stereocenters. The highest BCUT2D eigenvalue weighted by atomic mass is 16.3. The van der Waals surface area contributed by atoms with Crippen LogP contribution in [-0.2, 0) is 4.79 Å². The molecule has 1 aromatic carbocycles. The molecule has 1 saturated heterocycles. The van der Waals surface area contributed by atoms with E-state index in [4.69, 9.17) is 5.11 Å². The predicted molar refractivity (Wildman–Crippen MR) is 94.2 cm³/mol. The van der Waals surface area contributed by atoms with Gasteiger partial charge in [0.1, 0.15) is 0 Å². The van der Waals surface area contributed by atoms with Crippen LogP contribution in [0.4, 0.5) is 0 Å². The molecule has 0 aromatic heterocycles. The summed E-state index contributed by atoms with van der Waals surface area (Å²) in [6.45, 7) is 6.80. The summed E-state index contributed by atoms with van der Waals surface area (Å²) in [4.78, 5) is 13.9. The number of benzene rings is 1. The average Bonchev–Trinajstić information content (AvgIpc) is 2.55. The molecule has 4 nitrogen and oxygen atoms in total. The SMILES string of the molecule is Cc1cccc(C)c1/C=C/C1CCN(C(=O)CNCCO)CC1. The van der Waals surface area contributed by atoms with Crippen LogP contribution in [0.25, 0.3) is 6.08 Å². The minimum atomic E-state index is 0.0679. The van der Waals surface area contributed by atoms with Crippen molar-refractivity contribution >= 4 is 12.0 Å². The summed E-state index contributed by atoms with van der Waals surface area (Å²) < 4.78 is 0. The highest BCUT2D eigenvalue weighted by Gasteiger charge is 2.20. The number of nitrogens with zero attached hydrogens (tertiary/aromatic N) is 1. The van der Waals surface area contributed by atoms with Crippen molar-refractivity contribution in [2.45, 2.75) is 26.7 Å². The molecule has 0 unspecified atom stereocenters. The minimum Gasteiger partial charge on any atom is -0.395 e. The van der Waals surface area contributed by atoms with Crippen LogP contribution in [0.3, 0.4) is 0 Å². The molecular weight excluding hydrogens is 288 g/mol. The lowest BCUT2D eigenvalue weighted by molar-refractivity contribution is -0.131. The maximum atomic E-state index is 12.0. The Morgan fingerprint density at radius 2 is 1.96 bits per heavy atom. The first-order chi connectivity index (χ1) is 11.1. The standard InChI is InChI=1S/C19H28N2O2/c1-15-4-3-5-16(2)18(15)7-6-17-8-11-21(12-9-17)19(23)14-20-10-13-22/h3-7,17,20,22H,8-14H2,1-2H3/b7-6+. The maximum absolute atomic E-state index is 12.0. The smallest absolute Gasteiger partial charge is 0.236 e. The number of amides is 1. The Kier molecular flexibility index (Phi) is 6.81. The molecule has 0 aliphatic carbocycles. The van der Waals surface area contributed by atoms with E-state index in [0.717, 1.165) is 25.9 Å². The van der Waals surface area contributed by atoms with Crippen molar-refractivity contribution in [1.82, 2.24) is 10.2 Å². The number of carbonyl (C=O) groups is 1. The van der Waals surface area contributed by atoms with Crippen LogP contribution < -0.4 is 5.32 Å². The normalized spacial score (nSPS) is 16.2. The zero-order valence-corrected chi connectivity index (χ0v) is 14.2. The minimum absolute atomic E-state index is 0.0679. The Bertz CT molecular complexity index is 526. The fourth-order valence-electron chi connectivity index (χ4n) is 3.05. The van der Waals surface area contributed by atoms with E-state index in [1.54, 1.807) is 0 Å². The fraction of sp³-hybridized carbons (Fsp3) is 0.526. The average molecular weight is 316 g/mol. The van der Waals surface area contributed by atoms with Crippen LogP contribution in [-0.4, -0.2) is 48.7 Å². The number of rotatable bonds is 6. The molecule has 126 valence electrons. The van der Waals surface area contributed by atoms with Crippen LogP contribution in [0.15, 0.2) is 24.3 Å². The van der Waals surface area contributed by atoms with Crippen molar-refractivity contribution in [3.8, 4) is 0 Å².